The molecule has 0 aromatic carbocycles. The van der Waals surface area contributed by atoms with Crippen LogP contribution in [0.2, 0.25) is 0 Å². The lowest BCUT2D eigenvalue weighted by Gasteiger charge is -2.10. The molecule has 0 aromatic rings. The maximum Gasteiger partial charge on any atom is 0.0426 e. The minimum atomic E-state index is 0.312. The van der Waals surface area contributed by atoms with Crippen LogP contribution in [0.25, 0.3) is 0 Å². The van der Waals surface area contributed by atoms with E-state index in [1.807, 2.05) is 12.3 Å². The minimum Gasteiger partial charge on any atom is -0.387 e. The smallest absolute Gasteiger partial charge is 0.0426 e. The van der Waals surface area contributed by atoms with Crippen LogP contribution in [0.5, 0.6) is 0 Å². The summed E-state index contributed by atoms with van der Waals surface area (Å²) in [6.45, 7) is 5.76. The molecule has 1 aliphatic rings. The quantitative estimate of drug-likeness (QED) is 0.553. The van der Waals surface area contributed by atoms with Gasteiger partial charge in [-0.15, -0.1) is 6.58 Å². The van der Waals surface area contributed by atoms with Crippen LogP contribution < -0.4 is 5.32 Å². The Morgan fingerprint density at radius 1 is 1.89 bits per heavy atom. The van der Waals surface area contributed by atoms with Gasteiger partial charge in [-0.25, -0.2) is 0 Å². The van der Waals surface area contributed by atoms with E-state index in [2.05, 4.69) is 18.8 Å². The fourth-order valence-electron chi connectivity index (χ4n) is 0.966. The minimum absolute atomic E-state index is 0.312. The van der Waals surface area contributed by atoms with Crippen molar-refractivity contribution in [3.8, 4) is 0 Å². The van der Waals surface area contributed by atoms with Gasteiger partial charge in [-0.05, 0) is 6.92 Å². The molecule has 0 spiro atoms. The average Bonchev–Trinajstić information content (AvgIpc) is 2.12. The molecule has 1 unspecified atom stereocenters. The zero-order chi connectivity index (χ0) is 6.85. The first-order valence-corrected chi connectivity index (χ1v) is 3.37. The average molecular weight is 144 g/mol. The highest BCUT2D eigenvalue weighted by atomic mass is 35.5. The molecule has 0 saturated heterocycles. The summed E-state index contributed by atoms with van der Waals surface area (Å²) in [5.41, 5.74) is 0. The van der Waals surface area contributed by atoms with Crippen LogP contribution in [0.15, 0.2) is 23.9 Å². The molecule has 9 heavy (non-hydrogen) atoms. The molecule has 0 aliphatic carbocycles. The third kappa shape index (κ3) is 1.11. The summed E-state index contributed by atoms with van der Waals surface area (Å²) in [4.78, 5) is 0. The fraction of sp³-hybridized carbons (Fsp3) is 0.429. The third-order valence-corrected chi connectivity index (χ3v) is 1.96. The van der Waals surface area contributed by atoms with Crippen LogP contribution in [-0.2, 0) is 0 Å². The van der Waals surface area contributed by atoms with Gasteiger partial charge >= 0.3 is 0 Å². The van der Waals surface area contributed by atoms with Gasteiger partial charge in [0.1, 0.15) is 0 Å². The molecule has 0 bridgehead atoms. The van der Waals surface area contributed by atoms with Crippen molar-refractivity contribution in [1.29, 1.82) is 0 Å². The number of hydrogen-bond acceptors (Lipinski definition) is 1. The number of halogens is 1. The van der Waals surface area contributed by atoms with Crippen molar-refractivity contribution in [1.82, 2.24) is 5.32 Å². The predicted octanol–water partition coefficient (Wildman–Crippen LogP) is 1.86. The number of hydrogen-bond donors (Lipinski definition) is 1. The highest BCUT2D eigenvalue weighted by Gasteiger charge is 2.20. The molecular weight excluding hydrogens is 134 g/mol. The van der Waals surface area contributed by atoms with Gasteiger partial charge in [0.15, 0.2) is 0 Å². The van der Waals surface area contributed by atoms with E-state index in [1.165, 1.54) is 0 Å². The predicted molar refractivity (Wildman–Crippen MR) is 40.2 cm³/mol. The second-order valence-corrected chi connectivity index (χ2v) is 2.68. The SMILES string of the molecule is C=CC1C(Cl)=CN[C@H]1C. The normalized spacial score (nSPS) is 33.3. The second kappa shape index (κ2) is 2.44. The van der Waals surface area contributed by atoms with Crippen LogP contribution in [0, 0.1) is 5.92 Å². The van der Waals surface area contributed by atoms with Crippen LogP contribution in [0.3, 0.4) is 0 Å². The zero-order valence-corrected chi connectivity index (χ0v) is 6.15. The van der Waals surface area contributed by atoms with Crippen molar-refractivity contribution < 1.29 is 0 Å². The summed E-state index contributed by atoms with van der Waals surface area (Å²) in [5.74, 6) is 0.312. The first kappa shape index (κ1) is 6.69. The largest absolute Gasteiger partial charge is 0.387 e. The van der Waals surface area contributed by atoms with Gasteiger partial charge in [-0.1, -0.05) is 17.7 Å². The summed E-state index contributed by atoms with van der Waals surface area (Å²) in [6, 6.07) is 0.412. The second-order valence-electron chi connectivity index (χ2n) is 2.25. The molecule has 0 radical (unpaired) electrons. The molecule has 1 nitrogen and oxygen atoms in total. The third-order valence-electron chi connectivity index (χ3n) is 1.60. The maximum absolute atomic E-state index is 5.80. The topological polar surface area (TPSA) is 12.0 Å². The van der Waals surface area contributed by atoms with Gasteiger partial charge in [-0.2, -0.15) is 0 Å². The lowest BCUT2D eigenvalue weighted by atomic mass is 10.1. The van der Waals surface area contributed by atoms with E-state index in [1.54, 1.807) is 0 Å². The number of rotatable bonds is 1. The van der Waals surface area contributed by atoms with E-state index >= 15 is 0 Å². The van der Waals surface area contributed by atoms with Gasteiger partial charge in [0, 0.05) is 23.2 Å². The van der Waals surface area contributed by atoms with Crippen LogP contribution in [-0.4, -0.2) is 6.04 Å². The van der Waals surface area contributed by atoms with Crippen LogP contribution in [0.1, 0.15) is 6.92 Å². The highest BCUT2D eigenvalue weighted by molar-refractivity contribution is 6.30. The monoisotopic (exact) mass is 143 g/mol. The Hall–Kier alpha value is -0.430. The molecular formula is C7H10ClN. The highest BCUT2D eigenvalue weighted by Crippen LogP contribution is 2.24. The van der Waals surface area contributed by atoms with Crippen molar-refractivity contribution in [2.45, 2.75) is 13.0 Å². The Bertz CT molecular complexity index is 151. The molecule has 0 fully saturated rings. The Morgan fingerprint density at radius 3 is 2.78 bits per heavy atom. The van der Waals surface area contributed by atoms with Crippen LogP contribution >= 0.6 is 11.6 Å². The molecule has 1 heterocycles. The maximum atomic E-state index is 5.80. The van der Waals surface area contributed by atoms with E-state index in [9.17, 15) is 0 Å². The van der Waals surface area contributed by atoms with Crippen molar-refractivity contribution in [2.24, 2.45) is 5.92 Å². The van der Waals surface area contributed by atoms with Crippen molar-refractivity contribution in [3.05, 3.63) is 23.9 Å². The van der Waals surface area contributed by atoms with Gasteiger partial charge < -0.3 is 5.32 Å². The lowest BCUT2D eigenvalue weighted by Crippen LogP contribution is -2.21. The molecule has 1 aliphatic heterocycles. The van der Waals surface area contributed by atoms with E-state index < -0.39 is 0 Å². The van der Waals surface area contributed by atoms with E-state index in [0.29, 0.717) is 12.0 Å². The molecule has 0 saturated carbocycles. The molecule has 2 heteroatoms. The molecule has 0 amide bonds. The van der Waals surface area contributed by atoms with Crippen LogP contribution in [0.4, 0.5) is 0 Å². The Morgan fingerprint density at radius 2 is 2.56 bits per heavy atom. The van der Waals surface area contributed by atoms with Gasteiger partial charge in [0.2, 0.25) is 0 Å². The summed E-state index contributed by atoms with van der Waals surface area (Å²) in [7, 11) is 0. The molecule has 2 atom stereocenters. The van der Waals surface area contributed by atoms with Crippen molar-refractivity contribution in [3.63, 3.8) is 0 Å². The summed E-state index contributed by atoms with van der Waals surface area (Å²) >= 11 is 5.80. The van der Waals surface area contributed by atoms with Gasteiger partial charge in [0.25, 0.3) is 0 Å². The summed E-state index contributed by atoms with van der Waals surface area (Å²) < 4.78 is 0. The summed E-state index contributed by atoms with van der Waals surface area (Å²) in [5, 5.41) is 3.96. The fourth-order valence-corrected chi connectivity index (χ4v) is 1.31. The Balaban J connectivity index is 2.67. The van der Waals surface area contributed by atoms with E-state index in [4.69, 9.17) is 11.6 Å². The number of nitrogens with one attached hydrogen (secondary N) is 1. The van der Waals surface area contributed by atoms with Crippen molar-refractivity contribution in [2.75, 3.05) is 0 Å². The Kier molecular flexibility index (Phi) is 1.81. The standard InChI is InChI=1S/C7H10ClN/c1-3-6-5(2)9-4-7(6)8/h3-6,9H,1H2,2H3/t5-,6?/m0/s1. The first-order chi connectivity index (χ1) is 4.25. The van der Waals surface area contributed by atoms with Crippen molar-refractivity contribution >= 4 is 11.6 Å². The lowest BCUT2D eigenvalue weighted by molar-refractivity contribution is 0.595. The first-order valence-electron chi connectivity index (χ1n) is 3.00. The molecule has 0 aromatic heterocycles. The van der Waals surface area contributed by atoms with Gasteiger partial charge in [0.05, 0.1) is 0 Å². The van der Waals surface area contributed by atoms with E-state index in [-0.39, 0.29) is 0 Å². The van der Waals surface area contributed by atoms with E-state index in [0.717, 1.165) is 5.03 Å². The van der Waals surface area contributed by atoms with Gasteiger partial charge in [-0.3, -0.25) is 0 Å². The Labute approximate surface area is 60.4 Å². The molecule has 1 rings (SSSR count). The molecule has 1 N–H and O–H groups in total. The zero-order valence-electron chi connectivity index (χ0n) is 5.39. The summed E-state index contributed by atoms with van der Waals surface area (Å²) in [6.07, 6.45) is 3.70. The molecule has 50 valence electrons.